The van der Waals surface area contributed by atoms with Crippen LogP contribution in [0.25, 0.3) is 21.8 Å². The van der Waals surface area contributed by atoms with Gasteiger partial charge in [0.1, 0.15) is 5.82 Å². The van der Waals surface area contributed by atoms with E-state index in [-0.39, 0.29) is 0 Å². The number of hydrogen-bond acceptors (Lipinski definition) is 3. The van der Waals surface area contributed by atoms with Crippen molar-refractivity contribution in [2.75, 3.05) is 0 Å². The molecule has 3 aromatic rings. The van der Waals surface area contributed by atoms with Crippen LogP contribution in [0.1, 0.15) is 25.1 Å². The molecule has 5 rings (SSSR count). The minimum Gasteiger partial charge on any atom is -0.359 e. The van der Waals surface area contributed by atoms with Gasteiger partial charge in [0.2, 0.25) is 0 Å². The highest BCUT2D eigenvalue weighted by Crippen LogP contribution is 2.23. The Balaban J connectivity index is 1.36. The quantitative estimate of drug-likeness (QED) is 0.674. The maximum absolute atomic E-state index is 4.77. The molecular weight excluding hydrogens is 308 g/mol. The number of aryl methyl sites for hydroxylation is 1. The van der Waals surface area contributed by atoms with E-state index in [9.17, 15) is 0 Å². The summed E-state index contributed by atoms with van der Waals surface area (Å²) in [6.07, 6.45) is 10.6. The molecule has 1 aromatic heterocycles. The zero-order valence-corrected chi connectivity index (χ0v) is 14.0. The zero-order chi connectivity index (χ0) is 16.6. The van der Waals surface area contributed by atoms with Crippen LogP contribution >= 0.6 is 0 Å². The Bertz CT molecular complexity index is 1000. The normalized spacial score (nSPS) is 16.6. The van der Waals surface area contributed by atoms with E-state index in [4.69, 9.17) is 4.98 Å². The van der Waals surface area contributed by atoms with E-state index in [1.54, 1.807) is 0 Å². The Labute approximate surface area is 146 Å². The molecule has 1 aliphatic heterocycles. The van der Waals surface area contributed by atoms with Gasteiger partial charge in [-0.15, -0.1) is 0 Å². The Morgan fingerprint density at radius 3 is 2.60 bits per heavy atom. The van der Waals surface area contributed by atoms with E-state index in [0.29, 0.717) is 0 Å². The number of imidazole rings is 1. The number of benzene rings is 2. The van der Waals surface area contributed by atoms with Crippen molar-refractivity contribution < 1.29 is 0 Å². The van der Waals surface area contributed by atoms with Crippen LogP contribution in [0.15, 0.2) is 71.8 Å². The molecule has 2 aliphatic rings. The predicted octanol–water partition coefficient (Wildman–Crippen LogP) is 4.24. The third kappa shape index (κ3) is 2.70. The summed E-state index contributed by atoms with van der Waals surface area (Å²) in [5, 5.41) is 9.41. The van der Waals surface area contributed by atoms with Gasteiger partial charge in [-0.2, -0.15) is 0 Å². The molecule has 1 aliphatic carbocycles. The van der Waals surface area contributed by atoms with E-state index in [2.05, 4.69) is 70.4 Å². The Kier molecular flexibility index (Phi) is 3.33. The molecule has 0 spiro atoms. The van der Waals surface area contributed by atoms with Crippen molar-refractivity contribution in [2.24, 2.45) is 0 Å². The number of rotatable bonds is 3. The summed E-state index contributed by atoms with van der Waals surface area (Å²) in [6.45, 7) is 0. The van der Waals surface area contributed by atoms with Crippen molar-refractivity contribution in [2.45, 2.75) is 25.7 Å². The summed E-state index contributed by atoms with van der Waals surface area (Å²) in [5.41, 5.74) is 5.76. The highest BCUT2D eigenvalue weighted by molar-refractivity contribution is 5.95. The first kappa shape index (κ1) is 14.3. The van der Waals surface area contributed by atoms with Crippen LogP contribution in [0.4, 0.5) is 0 Å². The van der Waals surface area contributed by atoms with Crippen LogP contribution in [0.2, 0.25) is 0 Å². The Morgan fingerprint density at radius 2 is 1.72 bits per heavy atom. The van der Waals surface area contributed by atoms with Crippen LogP contribution in [-0.4, -0.2) is 9.97 Å². The van der Waals surface area contributed by atoms with Gasteiger partial charge in [-0.05, 0) is 42.2 Å². The summed E-state index contributed by atoms with van der Waals surface area (Å²) in [6, 6.07) is 12.8. The van der Waals surface area contributed by atoms with Crippen LogP contribution in [-0.2, 0) is 6.42 Å². The third-order valence-corrected chi connectivity index (χ3v) is 4.88. The smallest absolute Gasteiger partial charge is 0.107 e. The molecule has 0 saturated heterocycles. The van der Waals surface area contributed by atoms with E-state index in [1.807, 2.05) is 0 Å². The maximum atomic E-state index is 4.77. The monoisotopic (exact) mass is 328 g/mol. The summed E-state index contributed by atoms with van der Waals surface area (Å²) < 4.78 is 0. The molecule has 4 nitrogen and oxygen atoms in total. The fourth-order valence-corrected chi connectivity index (χ4v) is 3.56. The SMILES string of the molecule is C1=C(CCc2nc3cc4ccccc4cc3[nH]2)NC2=CCCC=C2N1. The summed E-state index contributed by atoms with van der Waals surface area (Å²) in [7, 11) is 0. The molecular formula is C21H20N4. The first-order valence-electron chi connectivity index (χ1n) is 8.86. The van der Waals surface area contributed by atoms with Gasteiger partial charge in [-0.25, -0.2) is 4.98 Å². The van der Waals surface area contributed by atoms with Gasteiger partial charge >= 0.3 is 0 Å². The molecule has 0 saturated carbocycles. The minimum absolute atomic E-state index is 0.887. The molecule has 25 heavy (non-hydrogen) atoms. The first-order valence-corrected chi connectivity index (χ1v) is 8.86. The lowest BCUT2D eigenvalue weighted by molar-refractivity contribution is 0.743. The van der Waals surface area contributed by atoms with Crippen molar-refractivity contribution in [3.05, 3.63) is 77.7 Å². The number of nitrogens with one attached hydrogen (secondary N) is 3. The molecule has 0 radical (unpaired) electrons. The number of aromatic nitrogens is 2. The number of nitrogens with zero attached hydrogens (tertiary/aromatic N) is 1. The fraction of sp³-hybridized carbons (Fsp3) is 0.190. The highest BCUT2D eigenvalue weighted by atomic mass is 15.0. The maximum Gasteiger partial charge on any atom is 0.107 e. The van der Waals surface area contributed by atoms with E-state index in [1.165, 1.54) is 27.9 Å². The largest absolute Gasteiger partial charge is 0.359 e. The molecule has 0 amide bonds. The molecule has 2 aromatic carbocycles. The first-order chi connectivity index (χ1) is 12.3. The van der Waals surface area contributed by atoms with Crippen LogP contribution in [0.3, 0.4) is 0 Å². The number of hydrogen-bond donors (Lipinski definition) is 3. The fourth-order valence-electron chi connectivity index (χ4n) is 3.56. The van der Waals surface area contributed by atoms with Crippen LogP contribution in [0, 0.1) is 0 Å². The molecule has 2 heterocycles. The lowest BCUT2D eigenvalue weighted by Gasteiger charge is -2.25. The predicted molar refractivity (Wildman–Crippen MR) is 102 cm³/mol. The number of fused-ring (bicyclic) bond motifs is 3. The standard InChI is InChI=1S/C21H20N4/c1-2-6-15-12-20-19(11-14(15)5-1)24-21(25-20)10-9-16-13-22-17-7-3-4-8-18(17)23-16/h1-2,5-8,11-13,22-23H,3-4,9-10H2,(H,24,25). The second kappa shape index (κ2) is 5.81. The topological polar surface area (TPSA) is 52.7 Å². The molecule has 4 heteroatoms. The average Bonchev–Trinajstić information content (AvgIpc) is 3.06. The minimum atomic E-state index is 0.887. The Morgan fingerprint density at radius 1 is 0.920 bits per heavy atom. The van der Waals surface area contributed by atoms with Gasteiger partial charge in [-0.3, -0.25) is 0 Å². The van der Waals surface area contributed by atoms with Gasteiger partial charge in [0.05, 0.1) is 22.4 Å². The summed E-state index contributed by atoms with van der Waals surface area (Å²) in [5.74, 6) is 1.03. The average molecular weight is 328 g/mol. The molecule has 3 N–H and O–H groups in total. The van der Waals surface area contributed by atoms with E-state index >= 15 is 0 Å². The van der Waals surface area contributed by atoms with Crippen molar-refractivity contribution in [3.8, 4) is 0 Å². The molecule has 124 valence electrons. The Hall–Kier alpha value is -3.01. The summed E-state index contributed by atoms with van der Waals surface area (Å²) in [4.78, 5) is 8.24. The van der Waals surface area contributed by atoms with Crippen LogP contribution in [0.5, 0.6) is 0 Å². The molecule has 0 fully saturated rings. The van der Waals surface area contributed by atoms with E-state index < -0.39 is 0 Å². The van der Waals surface area contributed by atoms with Crippen molar-refractivity contribution in [3.63, 3.8) is 0 Å². The lowest BCUT2D eigenvalue weighted by atomic mass is 10.1. The van der Waals surface area contributed by atoms with Gasteiger partial charge in [0.15, 0.2) is 0 Å². The van der Waals surface area contributed by atoms with Crippen molar-refractivity contribution >= 4 is 21.8 Å². The molecule has 0 bridgehead atoms. The van der Waals surface area contributed by atoms with Crippen molar-refractivity contribution in [1.29, 1.82) is 0 Å². The lowest BCUT2D eigenvalue weighted by Crippen LogP contribution is -2.28. The number of aromatic amines is 1. The van der Waals surface area contributed by atoms with Gasteiger partial charge in [0.25, 0.3) is 0 Å². The highest BCUT2D eigenvalue weighted by Gasteiger charge is 2.14. The van der Waals surface area contributed by atoms with Gasteiger partial charge in [0, 0.05) is 18.3 Å². The third-order valence-electron chi connectivity index (χ3n) is 4.88. The molecule has 0 atom stereocenters. The number of allylic oxidation sites excluding steroid dienone is 3. The second-order valence-corrected chi connectivity index (χ2v) is 6.65. The summed E-state index contributed by atoms with van der Waals surface area (Å²) >= 11 is 0. The second-order valence-electron chi connectivity index (χ2n) is 6.65. The van der Waals surface area contributed by atoms with Crippen molar-refractivity contribution in [1.82, 2.24) is 20.6 Å². The molecule has 0 unspecified atom stereocenters. The van der Waals surface area contributed by atoms with Gasteiger partial charge < -0.3 is 15.6 Å². The van der Waals surface area contributed by atoms with Gasteiger partial charge in [-0.1, -0.05) is 36.4 Å². The number of H-pyrrole nitrogens is 1. The van der Waals surface area contributed by atoms with E-state index in [0.717, 1.165) is 42.5 Å². The zero-order valence-electron chi connectivity index (χ0n) is 14.0. The van der Waals surface area contributed by atoms with Crippen LogP contribution < -0.4 is 10.6 Å².